The molecule has 2 amide bonds. The van der Waals surface area contributed by atoms with Crippen LogP contribution in [0.4, 0.5) is 5.69 Å². The number of carbonyl (C=O) groups is 2. The Bertz CT molecular complexity index is 1220. The minimum absolute atomic E-state index is 0.0858. The van der Waals surface area contributed by atoms with Crippen molar-refractivity contribution >= 4 is 35.3 Å². The Balaban J connectivity index is 1.54. The van der Waals surface area contributed by atoms with E-state index < -0.39 is 0 Å². The van der Waals surface area contributed by atoms with Crippen molar-refractivity contribution in [3.8, 4) is 5.75 Å². The first-order valence-electron chi connectivity index (χ1n) is 10.3. The predicted octanol–water partition coefficient (Wildman–Crippen LogP) is 5.04. The van der Waals surface area contributed by atoms with Crippen molar-refractivity contribution in [2.75, 3.05) is 19.1 Å². The van der Waals surface area contributed by atoms with Gasteiger partial charge in [-0.2, -0.15) is 0 Å². The number of methoxy groups -OCH3 is 1. The lowest BCUT2D eigenvalue weighted by atomic mass is 10.1. The molecule has 0 saturated heterocycles. The molecule has 162 valence electrons. The van der Waals surface area contributed by atoms with E-state index in [4.69, 9.17) is 4.74 Å². The zero-order valence-electron chi connectivity index (χ0n) is 18.2. The van der Waals surface area contributed by atoms with Crippen molar-refractivity contribution in [2.45, 2.75) is 18.4 Å². The van der Waals surface area contributed by atoms with Gasteiger partial charge in [-0.1, -0.05) is 54.2 Å². The minimum Gasteiger partial charge on any atom is -0.496 e. The average molecular weight is 445 g/mol. The van der Waals surface area contributed by atoms with Gasteiger partial charge < -0.3 is 15.0 Å². The average Bonchev–Trinajstić information content (AvgIpc) is 2.82. The van der Waals surface area contributed by atoms with Crippen LogP contribution < -0.4 is 15.0 Å². The molecule has 1 heterocycles. The molecule has 0 radical (unpaired) electrons. The van der Waals surface area contributed by atoms with Crippen molar-refractivity contribution in [3.05, 3.63) is 93.9 Å². The van der Waals surface area contributed by atoms with Crippen molar-refractivity contribution in [1.82, 2.24) is 5.32 Å². The molecule has 0 atom stereocenters. The van der Waals surface area contributed by atoms with Gasteiger partial charge in [0.25, 0.3) is 11.8 Å². The van der Waals surface area contributed by atoms with Crippen LogP contribution in [0.2, 0.25) is 0 Å². The molecule has 1 aliphatic heterocycles. The van der Waals surface area contributed by atoms with Gasteiger partial charge in [0.2, 0.25) is 0 Å². The number of likely N-dealkylation sites (N-methyl/N-ethyl adjacent to an activating group) is 1. The standard InChI is InChI=1S/C26H24N2O3S/c1-17-8-4-5-9-18(17)15-24-26(30)28(2)21-14-19(12-13-23(21)32-24)25(29)27-16-20-10-6-7-11-22(20)31-3/h4-15H,16H2,1-3H3,(H,27,29)/b24-15-. The molecule has 1 aliphatic rings. The molecule has 0 saturated carbocycles. The van der Waals surface area contributed by atoms with E-state index in [0.717, 1.165) is 33.0 Å². The molecule has 3 aromatic carbocycles. The summed E-state index contributed by atoms with van der Waals surface area (Å²) in [5, 5.41) is 2.93. The maximum atomic E-state index is 13.0. The van der Waals surface area contributed by atoms with Gasteiger partial charge in [0.1, 0.15) is 5.75 Å². The number of carbonyl (C=O) groups excluding carboxylic acids is 2. The molecule has 6 heteroatoms. The number of rotatable bonds is 5. The van der Waals surface area contributed by atoms with E-state index in [9.17, 15) is 9.59 Å². The summed E-state index contributed by atoms with van der Waals surface area (Å²) in [6, 6.07) is 21.0. The van der Waals surface area contributed by atoms with Gasteiger partial charge in [0.05, 0.1) is 17.7 Å². The highest BCUT2D eigenvalue weighted by Crippen LogP contribution is 2.42. The molecule has 5 nitrogen and oxygen atoms in total. The van der Waals surface area contributed by atoms with Crippen molar-refractivity contribution in [3.63, 3.8) is 0 Å². The van der Waals surface area contributed by atoms with Crippen LogP contribution in [0.3, 0.4) is 0 Å². The largest absolute Gasteiger partial charge is 0.496 e. The minimum atomic E-state index is -0.203. The van der Waals surface area contributed by atoms with Gasteiger partial charge in [0, 0.05) is 29.6 Å². The molecular formula is C26H24N2O3S. The Hall–Kier alpha value is -3.51. The van der Waals surface area contributed by atoms with E-state index in [0.29, 0.717) is 17.0 Å². The monoisotopic (exact) mass is 444 g/mol. The summed E-state index contributed by atoms with van der Waals surface area (Å²) in [6.07, 6.45) is 1.93. The van der Waals surface area contributed by atoms with Crippen LogP contribution >= 0.6 is 11.8 Å². The highest BCUT2D eigenvalue weighted by atomic mass is 32.2. The van der Waals surface area contributed by atoms with E-state index in [-0.39, 0.29) is 11.8 Å². The first kappa shape index (κ1) is 21.7. The van der Waals surface area contributed by atoms with Crippen LogP contribution in [-0.2, 0) is 11.3 Å². The number of nitrogens with zero attached hydrogens (tertiary/aromatic N) is 1. The van der Waals surface area contributed by atoms with Crippen molar-refractivity contribution in [1.29, 1.82) is 0 Å². The molecule has 0 aromatic heterocycles. The third-order valence-electron chi connectivity index (χ3n) is 5.42. The summed E-state index contributed by atoms with van der Waals surface area (Å²) in [7, 11) is 3.35. The second kappa shape index (κ2) is 9.32. The number of benzene rings is 3. The molecule has 3 aromatic rings. The fourth-order valence-electron chi connectivity index (χ4n) is 3.55. The zero-order valence-corrected chi connectivity index (χ0v) is 19.0. The smallest absolute Gasteiger partial charge is 0.264 e. The number of ether oxygens (including phenoxy) is 1. The maximum Gasteiger partial charge on any atom is 0.264 e. The van der Waals surface area contributed by atoms with Crippen LogP contribution in [0.5, 0.6) is 5.75 Å². The van der Waals surface area contributed by atoms with Crippen LogP contribution in [0, 0.1) is 6.92 Å². The molecule has 1 N–H and O–H groups in total. The second-order valence-corrected chi connectivity index (χ2v) is 8.59. The molecule has 0 spiro atoms. The number of para-hydroxylation sites is 1. The van der Waals surface area contributed by atoms with E-state index in [2.05, 4.69) is 5.32 Å². The maximum absolute atomic E-state index is 13.0. The third kappa shape index (κ3) is 4.41. The van der Waals surface area contributed by atoms with E-state index in [1.54, 1.807) is 31.2 Å². The van der Waals surface area contributed by atoms with Crippen LogP contribution in [0.15, 0.2) is 76.5 Å². The predicted molar refractivity (Wildman–Crippen MR) is 129 cm³/mol. The van der Waals surface area contributed by atoms with Crippen molar-refractivity contribution < 1.29 is 14.3 Å². The number of nitrogens with one attached hydrogen (secondary N) is 1. The summed E-state index contributed by atoms with van der Waals surface area (Å²) < 4.78 is 5.34. The number of fused-ring (bicyclic) bond motifs is 1. The molecule has 0 aliphatic carbocycles. The van der Waals surface area contributed by atoms with Gasteiger partial charge >= 0.3 is 0 Å². The summed E-state index contributed by atoms with van der Waals surface area (Å²) in [6.45, 7) is 2.38. The third-order valence-corrected chi connectivity index (χ3v) is 6.50. The first-order chi connectivity index (χ1) is 15.5. The molecule has 32 heavy (non-hydrogen) atoms. The number of hydrogen-bond acceptors (Lipinski definition) is 4. The number of anilines is 1. The zero-order chi connectivity index (χ0) is 22.7. The van der Waals surface area contributed by atoms with E-state index >= 15 is 0 Å². The van der Waals surface area contributed by atoms with E-state index in [1.165, 1.54) is 11.8 Å². The first-order valence-corrected chi connectivity index (χ1v) is 11.1. The molecule has 0 bridgehead atoms. The Labute approximate surface area is 192 Å². The summed E-state index contributed by atoms with van der Waals surface area (Å²) in [5.41, 5.74) is 4.27. The SMILES string of the molecule is COc1ccccc1CNC(=O)c1ccc2c(c1)N(C)C(=O)/C(=C/c1ccccc1C)S2. The Morgan fingerprint density at radius 2 is 1.84 bits per heavy atom. The van der Waals surface area contributed by atoms with Crippen LogP contribution in [0.25, 0.3) is 6.08 Å². The van der Waals surface area contributed by atoms with Crippen LogP contribution in [0.1, 0.15) is 27.0 Å². The highest BCUT2D eigenvalue weighted by molar-refractivity contribution is 8.04. The second-order valence-electron chi connectivity index (χ2n) is 7.51. The number of amides is 2. The number of aryl methyl sites for hydroxylation is 1. The Morgan fingerprint density at radius 3 is 2.62 bits per heavy atom. The summed E-state index contributed by atoms with van der Waals surface area (Å²) in [5.74, 6) is 0.441. The van der Waals surface area contributed by atoms with Gasteiger partial charge in [0.15, 0.2) is 0 Å². The van der Waals surface area contributed by atoms with Crippen LogP contribution in [-0.4, -0.2) is 26.0 Å². The van der Waals surface area contributed by atoms with Gasteiger partial charge in [-0.25, -0.2) is 0 Å². The summed E-state index contributed by atoms with van der Waals surface area (Å²) >= 11 is 1.43. The van der Waals surface area contributed by atoms with Crippen molar-refractivity contribution in [2.24, 2.45) is 0 Å². The topological polar surface area (TPSA) is 58.6 Å². The molecule has 0 unspecified atom stereocenters. The Morgan fingerprint density at radius 1 is 1.09 bits per heavy atom. The lowest BCUT2D eigenvalue weighted by Crippen LogP contribution is -2.31. The molecule has 4 rings (SSSR count). The molecule has 0 fully saturated rings. The highest BCUT2D eigenvalue weighted by Gasteiger charge is 2.27. The molecular weight excluding hydrogens is 420 g/mol. The quantitative estimate of drug-likeness (QED) is 0.560. The normalized spacial score (nSPS) is 14.3. The van der Waals surface area contributed by atoms with E-state index in [1.807, 2.05) is 67.6 Å². The summed E-state index contributed by atoms with van der Waals surface area (Å²) in [4.78, 5) is 28.9. The lowest BCUT2D eigenvalue weighted by molar-refractivity contribution is -0.114. The fourth-order valence-corrected chi connectivity index (χ4v) is 4.64. The van der Waals surface area contributed by atoms with Gasteiger partial charge in [-0.15, -0.1) is 0 Å². The Kier molecular flexibility index (Phi) is 6.32. The van der Waals surface area contributed by atoms with Gasteiger partial charge in [-0.3, -0.25) is 9.59 Å². The fraction of sp³-hybridized carbons (Fsp3) is 0.154. The van der Waals surface area contributed by atoms with Gasteiger partial charge in [-0.05, 0) is 48.4 Å². The number of hydrogen-bond donors (Lipinski definition) is 1. The lowest BCUT2D eigenvalue weighted by Gasteiger charge is -2.27. The number of thioether (sulfide) groups is 1.